The Morgan fingerprint density at radius 1 is 1.38 bits per heavy atom. The molecule has 0 fully saturated rings. The van der Waals surface area contributed by atoms with Crippen LogP contribution in [0.2, 0.25) is 0 Å². The van der Waals surface area contributed by atoms with E-state index in [1.807, 2.05) is 14.1 Å². The second-order valence-electron chi connectivity index (χ2n) is 3.75. The molecule has 0 amide bonds. The highest BCUT2D eigenvalue weighted by molar-refractivity contribution is 5.98. The van der Waals surface area contributed by atoms with Crippen LogP contribution in [0.5, 0.6) is 5.75 Å². The van der Waals surface area contributed by atoms with Crippen LogP contribution in [0.25, 0.3) is 0 Å². The Kier molecular flexibility index (Phi) is 4.60. The molecule has 0 saturated carbocycles. The minimum atomic E-state index is 0.230. The SMILES string of the molecule is CN(C)CCNC(=NN)c1ccc(O)cc1. The molecule has 0 heterocycles. The van der Waals surface area contributed by atoms with E-state index in [0.29, 0.717) is 5.84 Å². The van der Waals surface area contributed by atoms with Crippen molar-refractivity contribution in [3.05, 3.63) is 29.8 Å². The summed E-state index contributed by atoms with van der Waals surface area (Å²) in [6, 6.07) is 6.75. The first-order valence-electron chi connectivity index (χ1n) is 5.09. The van der Waals surface area contributed by atoms with Gasteiger partial charge in [-0.3, -0.25) is 0 Å². The topological polar surface area (TPSA) is 73.9 Å². The smallest absolute Gasteiger partial charge is 0.152 e. The standard InChI is InChI=1S/C11H18N4O/c1-15(2)8-7-13-11(14-12)9-3-5-10(16)6-4-9/h3-6,16H,7-8,12H2,1-2H3,(H,13,14). The highest BCUT2D eigenvalue weighted by Crippen LogP contribution is 2.09. The first kappa shape index (κ1) is 12.3. The van der Waals surface area contributed by atoms with Crippen LogP contribution >= 0.6 is 0 Å². The van der Waals surface area contributed by atoms with Crippen LogP contribution in [0.4, 0.5) is 0 Å². The van der Waals surface area contributed by atoms with Gasteiger partial charge in [-0.25, -0.2) is 0 Å². The third kappa shape index (κ3) is 3.78. The highest BCUT2D eigenvalue weighted by Gasteiger charge is 2.02. The average molecular weight is 222 g/mol. The molecule has 1 rings (SSSR count). The Bertz CT molecular complexity index is 346. The fraction of sp³-hybridized carbons (Fsp3) is 0.364. The number of hydrazone groups is 1. The van der Waals surface area contributed by atoms with Gasteiger partial charge in [0.1, 0.15) is 5.75 Å². The van der Waals surface area contributed by atoms with Gasteiger partial charge >= 0.3 is 0 Å². The number of aromatic hydroxyl groups is 1. The van der Waals surface area contributed by atoms with Gasteiger partial charge in [-0.2, -0.15) is 5.10 Å². The molecule has 0 unspecified atom stereocenters. The molecule has 0 bridgehead atoms. The monoisotopic (exact) mass is 222 g/mol. The molecule has 0 radical (unpaired) electrons. The van der Waals surface area contributed by atoms with Gasteiger partial charge in [-0.05, 0) is 38.4 Å². The Labute approximate surface area is 95.6 Å². The molecule has 1 aromatic carbocycles. The quantitative estimate of drug-likeness (QED) is 0.294. The van der Waals surface area contributed by atoms with Crippen molar-refractivity contribution in [3.8, 4) is 5.75 Å². The van der Waals surface area contributed by atoms with Crippen molar-refractivity contribution in [2.75, 3.05) is 27.2 Å². The maximum Gasteiger partial charge on any atom is 0.152 e. The molecule has 16 heavy (non-hydrogen) atoms. The Hall–Kier alpha value is -1.75. The van der Waals surface area contributed by atoms with Gasteiger partial charge in [0.05, 0.1) is 0 Å². The number of phenolic OH excluding ortho intramolecular Hbond substituents is 1. The van der Waals surface area contributed by atoms with Crippen LogP contribution in [-0.4, -0.2) is 43.0 Å². The molecule has 0 aliphatic rings. The number of hydrogen-bond acceptors (Lipinski definition) is 4. The zero-order valence-corrected chi connectivity index (χ0v) is 9.64. The van der Waals surface area contributed by atoms with Crippen LogP contribution in [0.3, 0.4) is 0 Å². The van der Waals surface area contributed by atoms with E-state index in [0.717, 1.165) is 18.7 Å². The van der Waals surface area contributed by atoms with Gasteiger partial charge in [0.2, 0.25) is 0 Å². The number of phenols is 1. The lowest BCUT2D eigenvalue weighted by Gasteiger charge is -2.12. The van der Waals surface area contributed by atoms with Crippen LogP contribution in [0.1, 0.15) is 5.56 Å². The first-order valence-corrected chi connectivity index (χ1v) is 5.09. The molecule has 0 aromatic heterocycles. The predicted molar refractivity (Wildman–Crippen MR) is 65.4 cm³/mol. The number of amidine groups is 1. The van der Waals surface area contributed by atoms with E-state index in [4.69, 9.17) is 10.9 Å². The Morgan fingerprint density at radius 3 is 2.50 bits per heavy atom. The molecule has 5 nitrogen and oxygen atoms in total. The van der Waals surface area contributed by atoms with Gasteiger partial charge in [0.15, 0.2) is 5.84 Å². The minimum Gasteiger partial charge on any atom is -0.508 e. The molecule has 5 heteroatoms. The van der Waals surface area contributed by atoms with Crippen molar-refractivity contribution >= 4 is 5.84 Å². The summed E-state index contributed by atoms with van der Waals surface area (Å²) in [5.74, 6) is 6.17. The lowest BCUT2D eigenvalue weighted by Crippen LogP contribution is -2.32. The summed E-state index contributed by atoms with van der Waals surface area (Å²) in [5, 5.41) is 16.0. The van der Waals surface area contributed by atoms with Crippen LogP contribution in [-0.2, 0) is 0 Å². The molecule has 0 aliphatic carbocycles. The lowest BCUT2D eigenvalue weighted by atomic mass is 10.2. The molecular weight excluding hydrogens is 204 g/mol. The van der Waals surface area contributed by atoms with Crippen LogP contribution in [0.15, 0.2) is 29.4 Å². The van der Waals surface area contributed by atoms with Gasteiger partial charge in [0.25, 0.3) is 0 Å². The Morgan fingerprint density at radius 2 is 2.00 bits per heavy atom. The fourth-order valence-corrected chi connectivity index (χ4v) is 1.24. The summed E-state index contributed by atoms with van der Waals surface area (Å²) < 4.78 is 0. The largest absolute Gasteiger partial charge is 0.508 e. The number of benzene rings is 1. The van der Waals surface area contributed by atoms with Gasteiger partial charge in [-0.1, -0.05) is 0 Å². The molecule has 1 aromatic rings. The van der Waals surface area contributed by atoms with Crippen molar-refractivity contribution < 1.29 is 5.11 Å². The predicted octanol–water partition coefficient (Wildman–Crippen LogP) is 0.164. The van der Waals surface area contributed by atoms with Crippen LogP contribution in [0, 0.1) is 0 Å². The van der Waals surface area contributed by atoms with Crippen molar-refractivity contribution in [3.63, 3.8) is 0 Å². The second-order valence-corrected chi connectivity index (χ2v) is 3.75. The fourth-order valence-electron chi connectivity index (χ4n) is 1.24. The Balaban J connectivity index is 2.58. The zero-order valence-electron chi connectivity index (χ0n) is 9.64. The number of nitrogens with one attached hydrogen (secondary N) is 1. The summed E-state index contributed by atoms with van der Waals surface area (Å²) in [5.41, 5.74) is 0.860. The number of rotatable bonds is 4. The molecule has 88 valence electrons. The summed E-state index contributed by atoms with van der Waals surface area (Å²) >= 11 is 0. The van der Waals surface area contributed by atoms with Crippen molar-refractivity contribution in [1.29, 1.82) is 0 Å². The maximum atomic E-state index is 9.16. The van der Waals surface area contributed by atoms with Crippen molar-refractivity contribution in [1.82, 2.24) is 10.2 Å². The van der Waals surface area contributed by atoms with E-state index in [2.05, 4.69) is 15.3 Å². The third-order valence-electron chi connectivity index (χ3n) is 2.12. The van der Waals surface area contributed by atoms with Crippen LogP contribution < -0.4 is 11.2 Å². The van der Waals surface area contributed by atoms with Gasteiger partial charge < -0.3 is 21.2 Å². The van der Waals surface area contributed by atoms with E-state index < -0.39 is 0 Å². The number of nitrogens with two attached hydrogens (primary N) is 1. The summed E-state index contributed by atoms with van der Waals surface area (Å²) in [7, 11) is 4.00. The molecule has 0 aliphatic heterocycles. The van der Waals surface area contributed by atoms with Crippen molar-refractivity contribution in [2.24, 2.45) is 10.9 Å². The average Bonchev–Trinajstić information content (AvgIpc) is 2.26. The maximum absolute atomic E-state index is 9.16. The highest BCUT2D eigenvalue weighted by atomic mass is 16.3. The number of likely N-dealkylation sites (N-methyl/N-ethyl adjacent to an activating group) is 1. The molecule has 0 saturated heterocycles. The van der Waals surface area contributed by atoms with E-state index >= 15 is 0 Å². The number of nitrogens with zero attached hydrogens (tertiary/aromatic N) is 2. The van der Waals surface area contributed by atoms with E-state index in [9.17, 15) is 0 Å². The van der Waals surface area contributed by atoms with E-state index in [1.54, 1.807) is 24.3 Å². The summed E-state index contributed by atoms with van der Waals surface area (Å²) in [4.78, 5) is 2.07. The molecular formula is C11H18N4O. The normalized spacial score (nSPS) is 11.8. The number of hydrogen-bond donors (Lipinski definition) is 3. The summed E-state index contributed by atoms with van der Waals surface area (Å²) in [6.07, 6.45) is 0. The lowest BCUT2D eigenvalue weighted by molar-refractivity contribution is 0.413. The van der Waals surface area contributed by atoms with Crippen molar-refractivity contribution in [2.45, 2.75) is 0 Å². The van der Waals surface area contributed by atoms with E-state index in [1.165, 1.54) is 0 Å². The van der Waals surface area contributed by atoms with E-state index in [-0.39, 0.29) is 5.75 Å². The molecule has 0 atom stereocenters. The molecule has 0 spiro atoms. The summed E-state index contributed by atoms with van der Waals surface area (Å²) in [6.45, 7) is 1.67. The van der Waals surface area contributed by atoms with Gasteiger partial charge in [-0.15, -0.1) is 0 Å². The van der Waals surface area contributed by atoms with Gasteiger partial charge in [0, 0.05) is 18.7 Å². The first-order chi connectivity index (χ1) is 7.63. The molecule has 4 N–H and O–H groups in total. The third-order valence-corrected chi connectivity index (χ3v) is 2.12. The minimum absolute atomic E-state index is 0.230. The second kappa shape index (κ2) is 5.97. The zero-order chi connectivity index (χ0) is 12.0.